The van der Waals surface area contributed by atoms with Gasteiger partial charge in [-0.1, -0.05) is 48.5 Å². The molecule has 1 heterocycles. The summed E-state index contributed by atoms with van der Waals surface area (Å²) in [5, 5.41) is 3.01. The van der Waals surface area contributed by atoms with Crippen molar-refractivity contribution in [3.8, 4) is 0 Å². The molecule has 3 rings (SSSR count). The first-order valence-corrected chi connectivity index (χ1v) is 9.87. The Morgan fingerprint density at radius 3 is 2.33 bits per heavy atom. The second-order valence-corrected chi connectivity index (χ2v) is 6.89. The number of nitrogens with zero attached hydrogens (tertiary/aromatic N) is 1. The van der Waals surface area contributed by atoms with Crippen LogP contribution in [0.15, 0.2) is 83.5 Å². The molecular weight excluding hydrogens is 380 g/mol. The molecular formula is C24H26N2O4. The third-order valence-electron chi connectivity index (χ3n) is 4.77. The lowest BCUT2D eigenvalue weighted by atomic mass is 10.0. The molecule has 1 unspecified atom stereocenters. The zero-order chi connectivity index (χ0) is 21.2. The van der Waals surface area contributed by atoms with Crippen LogP contribution < -0.4 is 5.32 Å². The van der Waals surface area contributed by atoms with Crippen molar-refractivity contribution in [3.63, 3.8) is 0 Å². The van der Waals surface area contributed by atoms with Crippen molar-refractivity contribution >= 4 is 11.8 Å². The number of carbonyl (C=O) groups excluding carboxylic acids is 2. The Bertz CT molecular complexity index is 911. The third kappa shape index (κ3) is 6.06. The molecule has 0 saturated carbocycles. The van der Waals surface area contributed by atoms with Crippen LogP contribution in [0.2, 0.25) is 0 Å². The average Bonchev–Trinajstić information content (AvgIpc) is 3.30. The highest BCUT2D eigenvalue weighted by Crippen LogP contribution is 2.20. The average molecular weight is 406 g/mol. The van der Waals surface area contributed by atoms with E-state index in [1.54, 1.807) is 36.5 Å². The van der Waals surface area contributed by atoms with Gasteiger partial charge in [0.15, 0.2) is 0 Å². The van der Waals surface area contributed by atoms with Gasteiger partial charge in [0.05, 0.1) is 31.9 Å². The second kappa shape index (κ2) is 11.0. The van der Waals surface area contributed by atoms with E-state index < -0.39 is 6.04 Å². The smallest absolute Gasteiger partial charge is 0.251 e. The molecule has 1 aromatic heterocycles. The first-order chi connectivity index (χ1) is 14.7. The zero-order valence-electron chi connectivity index (χ0n) is 17.0. The molecule has 0 spiro atoms. The SMILES string of the molecule is COCCN(Cc1ccco1)C(=O)CC(NC(=O)c1ccccc1)c1ccccc1. The molecule has 2 aromatic carbocycles. The minimum atomic E-state index is -0.451. The number of furan rings is 1. The molecule has 2 amide bonds. The van der Waals surface area contributed by atoms with E-state index in [2.05, 4.69) is 5.32 Å². The van der Waals surface area contributed by atoms with Crippen LogP contribution >= 0.6 is 0 Å². The van der Waals surface area contributed by atoms with E-state index in [1.807, 2.05) is 54.6 Å². The van der Waals surface area contributed by atoms with Gasteiger partial charge >= 0.3 is 0 Å². The molecule has 0 aliphatic heterocycles. The van der Waals surface area contributed by atoms with Gasteiger partial charge in [0.2, 0.25) is 5.91 Å². The number of ether oxygens (including phenoxy) is 1. The van der Waals surface area contributed by atoms with Crippen LogP contribution in [0.1, 0.15) is 34.1 Å². The number of carbonyl (C=O) groups is 2. The van der Waals surface area contributed by atoms with E-state index in [0.717, 1.165) is 5.56 Å². The number of hydrogen-bond acceptors (Lipinski definition) is 4. The lowest BCUT2D eigenvalue weighted by Gasteiger charge is -2.25. The van der Waals surface area contributed by atoms with Gasteiger partial charge in [-0.3, -0.25) is 9.59 Å². The van der Waals surface area contributed by atoms with Crippen LogP contribution in [0.25, 0.3) is 0 Å². The van der Waals surface area contributed by atoms with Gasteiger partial charge in [-0.05, 0) is 29.8 Å². The summed E-state index contributed by atoms with van der Waals surface area (Å²) in [5.41, 5.74) is 1.43. The van der Waals surface area contributed by atoms with Gasteiger partial charge in [0.25, 0.3) is 5.91 Å². The quantitative estimate of drug-likeness (QED) is 0.556. The molecule has 0 aliphatic carbocycles. The lowest BCUT2D eigenvalue weighted by molar-refractivity contribution is -0.133. The Morgan fingerprint density at radius 2 is 1.70 bits per heavy atom. The molecule has 0 bridgehead atoms. The number of amides is 2. The number of hydrogen-bond donors (Lipinski definition) is 1. The van der Waals surface area contributed by atoms with Crippen LogP contribution in [0, 0.1) is 0 Å². The van der Waals surface area contributed by atoms with Gasteiger partial charge in [0, 0.05) is 19.2 Å². The van der Waals surface area contributed by atoms with Gasteiger partial charge in [-0.25, -0.2) is 0 Å². The predicted molar refractivity (Wildman–Crippen MR) is 114 cm³/mol. The Kier molecular flexibility index (Phi) is 7.80. The number of benzene rings is 2. The molecule has 1 atom stereocenters. The largest absolute Gasteiger partial charge is 0.467 e. The van der Waals surface area contributed by atoms with Gasteiger partial charge < -0.3 is 19.4 Å². The maximum absolute atomic E-state index is 13.2. The molecule has 6 nitrogen and oxygen atoms in total. The Balaban J connectivity index is 1.76. The maximum atomic E-state index is 13.2. The van der Waals surface area contributed by atoms with Crippen LogP contribution in [-0.4, -0.2) is 37.0 Å². The summed E-state index contributed by atoms with van der Waals surface area (Å²) in [4.78, 5) is 27.6. The third-order valence-corrected chi connectivity index (χ3v) is 4.77. The normalized spacial score (nSPS) is 11.6. The fourth-order valence-corrected chi connectivity index (χ4v) is 3.16. The minimum absolute atomic E-state index is 0.0920. The maximum Gasteiger partial charge on any atom is 0.251 e. The second-order valence-electron chi connectivity index (χ2n) is 6.89. The van der Waals surface area contributed by atoms with E-state index in [0.29, 0.717) is 31.0 Å². The molecule has 3 aromatic rings. The van der Waals surface area contributed by atoms with Crippen molar-refractivity contribution in [2.75, 3.05) is 20.3 Å². The molecule has 1 N–H and O–H groups in total. The van der Waals surface area contributed by atoms with E-state index in [-0.39, 0.29) is 18.2 Å². The summed E-state index contributed by atoms with van der Waals surface area (Å²) in [6.07, 6.45) is 1.72. The molecule has 0 fully saturated rings. The Hall–Kier alpha value is -3.38. The Morgan fingerprint density at radius 1 is 1.00 bits per heavy atom. The molecule has 0 saturated heterocycles. The van der Waals surface area contributed by atoms with E-state index >= 15 is 0 Å². The highest BCUT2D eigenvalue weighted by molar-refractivity contribution is 5.94. The van der Waals surface area contributed by atoms with Gasteiger partial charge in [-0.15, -0.1) is 0 Å². The zero-order valence-corrected chi connectivity index (χ0v) is 17.0. The van der Waals surface area contributed by atoms with Gasteiger partial charge in [0.1, 0.15) is 5.76 Å². The van der Waals surface area contributed by atoms with E-state index in [1.165, 1.54) is 0 Å². The number of rotatable bonds is 10. The summed E-state index contributed by atoms with van der Waals surface area (Å²) >= 11 is 0. The molecule has 30 heavy (non-hydrogen) atoms. The monoisotopic (exact) mass is 406 g/mol. The predicted octanol–water partition coefficient (Wildman–Crippen LogP) is 3.82. The van der Waals surface area contributed by atoms with Crippen molar-refractivity contribution in [3.05, 3.63) is 95.9 Å². The first-order valence-electron chi connectivity index (χ1n) is 9.87. The van der Waals surface area contributed by atoms with Gasteiger partial charge in [-0.2, -0.15) is 0 Å². The van der Waals surface area contributed by atoms with Crippen molar-refractivity contribution in [1.29, 1.82) is 0 Å². The fraction of sp³-hybridized carbons (Fsp3) is 0.250. The fourth-order valence-electron chi connectivity index (χ4n) is 3.16. The van der Waals surface area contributed by atoms with E-state index in [9.17, 15) is 9.59 Å². The van der Waals surface area contributed by atoms with Crippen molar-refractivity contribution in [2.45, 2.75) is 19.0 Å². The van der Waals surface area contributed by atoms with Crippen molar-refractivity contribution in [2.24, 2.45) is 0 Å². The first kappa shape index (κ1) is 21.3. The molecule has 156 valence electrons. The molecule has 6 heteroatoms. The van der Waals surface area contributed by atoms with Crippen LogP contribution in [-0.2, 0) is 16.1 Å². The Labute approximate surface area is 176 Å². The number of nitrogens with one attached hydrogen (secondary N) is 1. The highest BCUT2D eigenvalue weighted by Gasteiger charge is 2.23. The van der Waals surface area contributed by atoms with Crippen LogP contribution in [0.3, 0.4) is 0 Å². The topological polar surface area (TPSA) is 71.8 Å². The summed E-state index contributed by atoms with van der Waals surface area (Å²) < 4.78 is 10.6. The summed E-state index contributed by atoms with van der Waals surface area (Å²) in [5.74, 6) is 0.390. The molecule has 0 radical (unpaired) electrons. The van der Waals surface area contributed by atoms with Crippen molar-refractivity contribution in [1.82, 2.24) is 10.2 Å². The van der Waals surface area contributed by atoms with Crippen LogP contribution in [0.5, 0.6) is 0 Å². The van der Waals surface area contributed by atoms with Crippen molar-refractivity contribution < 1.29 is 18.7 Å². The lowest BCUT2D eigenvalue weighted by Crippen LogP contribution is -2.37. The van der Waals surface area contributed by atoms with Crippen LogP contribution in [0.4, 0.5) is 0 Å². The minimum Gasteiger partial charge on any atom is -0.467 e. The summed E-state index contributed by atoms with van der Waals surface area (Å²) in [6, 6.07) is 21.7. The standard InChI is InChI=1S/C24H26N2O4/c1-29-16-14-26(18-21-13-8-15-30-21)23(27)17-22(19-9-4-2-5-10-19)25-24(28)20-11-6-3-7-12-20/h2-13,15,22H,14,16-18H2,1H3,(H,25,28). The summed E-state index contributed by atoms with van der Waals surface area (Å²) in [6.45, 7) is 1.20. The molecule has 0 aliphatic rings. The number of methoxy groups -OCH3 is 1. The van der Waals surface area contributed by atoms with E-state index in [4.69, 9.17) is 9.15 Å². The summed E-state index contributed by atoms with van der Waals surface area (Å²) in [7, 11) is 1.60. The highest BCUT2D eigenvalue weighted by atomic mass is 16.5.